The summed E-state index contributed by atoms with van der Waals surface area (Å²) in [4.78, 5) is 13.5. The minimum absolute atomic E-state index is 0.0765. The molecule has 1 heterocycles. The van der Waals surface area contributed by atoms with Crippen molar-refractivity contribution >= 4 is 11.6 Å². The van der Waals surface area contributed by atoms with Crippen molar-refractivity contribution in [3.05, 3.63) is 29.8 Å². The van der Waals surface area contributed by atoms with E-state index in [1.807, 2.05) is 12.1 Å². The Bertz CT molecular complexity index is 476. The van der Waals surface area contributed by atoms with Gasteiger partial charge >= 0.3 is 0 Å². The predicted octanol–water partition coefficient (Wildman–Crippen LogP) is 1.83. The van der Waals surface area contributed by atoms with Crippen molar-refractivity contribution in [2.24, 2.45) is 0 Å². The second kappa shape index (κ2) is 7.75. The first-order valence-corrected chi connectivity index (χ1v) is 8.36. The highest BCUT2D eigenvalue weighted by Gasteiger charge is 2.27. The molecule has 0 aliphatic carbocycles. The van der Waals surface area contributed by atoms with Crippen LogP contribution in [0.5, 0.6) is 0 Å². The van der Waals surface area contributed by atoms with Crippen molar-refractivity contribution in [1.29, 1.82) is 0 Å². The Morgan fingerprint density at radius 2 is 1.86 bits per heavy atom. The number of nitrogens with one attached hydrogen (secondary N) is 2. The molecule has 0 aromatic heterocycles. The third kappa shape index (κ3) is 4.82. The minimum Gasteiger partial charge on any atom is -0.364 e. The van der Waals surface area contributed by atoms with Gasteiger partial charge in [0, 0.05) is 5.69 Å². The highest BCUT2D eigenvalue weighted by Crippen LogP contribution is 2.20. The molecule has 2 rings (SSSR count). The molecular formula is C18H29N2O2+. The summed E-state index contributed by atoms with van der Waals surface area (Å²) in [5.74, 6) is 0.637. The number of hydrogen-bond donors (Lipinski definition) is 2. The molecule has 1 aromatic carbocycles. The van der Waals surface area contributed by atoms with E-state index in [0.29, 0.717) is 12.5 Å². The number of benzene rings is 1. The Morgan fingerprint density at radius 1 is 1.27 bits per heavy atom. The van der Waals surface area contributed by atoms with Gasteiger partial charge in [-0.3, -0.25) is 4.79 Å². The fraction of sp³-hybridized carbons (Fsp3) is 0.611. The first-order valence-electron chi connectivity index (χ1n) is 8.36. The molecule has 4 heteroatoms. The van der Waals surface area contributed by atoms with Gasteiger partial charge in [0.25, 0.3) is 5.91 Å². The Morgan fingerprint density at radius 3 is 2.41 bits per heavy atom. The number of carbonyl (C=O) groups excluding carboxylic acids is 1. The molecular weight excluding hydrogens is 276 g/mol. The molecule has 22 heavy (non-hydrogen) atoms. The molecule has 0 radical (unpaired) electrons. The summed E-state index contributed by atoms with van der Waals surface area (Å²) in [6, 6.07) is 8.21. The van der Waals surface area contributed by atoms with Crippen LogP contribution in [0.4, 0.5) is 5.69 Å². The van der Waals surface area contributed by atoms with E-state index in [-0.39, 0.29) is 18.1 Å². The van der Waals surface area contributed by atoms with Crippen LogP contribution in [0.15, 0.2) is 24.3 Å². The minimum atomic E-state index is 0.0765. The van der Waals surface area contributed by atoms with Gasteiger partial charge in [-0.05, 0) is 43.9 Å². The highest BCUT2D eigenvalue weighted by atomic mass is 16.5. The lowest BCUT2D eigenvalue weighted by atomic mass is 9.99. The number of rotatable bonds is 5. The summed E-state index contributed by atoms with van der Waals surface area (Å²) in [5, 5.41) is 3.00. The molecule has 1 aromatic rings. The molecule has 1 aliphatic rings. The largest absolute Gasteiger partial charge is 0.364 e. The molecule has 0 saturated carbocycles. The quantitative estimate of drug-likeness (QED) is 0.871. The summed E-state index contributed by atoms with van der Waals surface area (Å²) in [5.41, 5.74) is 2.20. The van der Waals surface area contributed by atoms with Crippen LogP contribution in [0.3, 0.4) is 0 Å². The number of ether oxygens (including phenoxy) is 1. The zero-order valence-corrected chi connectivity index (χ0v) is 14.2. The van der Waals surface area contributed by atoms with Gasteiger partial charge in [0.1, 0.15) is 25.3 Å². The fourth-order valence-electron chi connectivity index (χ4n) is 3.10. The number of quaternary nitrogens is 1. The SMILES string of the molecule is CC[C@H](C)c1ccc(NC(=O)C[NH+]2C[C@@H](C)O[C@H](C)C2)cc1. The molecule has 1 aliphatic heterocycles. The van der Waals surface area contributed by atoms with Crippen LogP contribution in [0.1, 0.15) is 45.6 Å². The third-order valence-electron chi connectivity index (χ3n) is 4.40. The lowest BCUT2D eigenvalue weighted by molar-refractivity contribution is -0.907. The molecule has 4 nitrogen and oxygen atoms in total. The van der Waals surface area contributed by atoms with Crippen LogP contribution < -0.4 is 10.2 Å². The van der Waals surface area contributed by atoms with E-state index in [1.54, 1.807) is 0 Å². The van der Waals surface area contributed by atoms with Gasteiger partial charge in [-0.15, -0.1) is 0 Å². The molecule has 0 unspecified atom stereocenters. The summed E-state index contributed by atoms with van der Waals surface area (Å²) in [6.07, 6.45) is 1.57. The van der Waals surface area contributed by atoms with E-state index in [2.05, 4.69) is 45.1 Å². The predicted molar refractivity (Wildman–Crippen MR) is 89.4 cm³/mol. The Balaban J connectivity index is 1.86. The van der Waals surface area contributed by atoms with Crippen molar-refractivity contribution in [2.75, 3.05) is 25.0 Å². The topological polar surface area (TPSA) is 42.8 Å². The van der Waals surface area contributed by atoms with Crippen LogP contribution >= 0.6 is 0 Å². The monoisotopic (exact) mass is 305 g/mol. The van der Waals surface area contributed by atoms with Gasteiger partial charge in [-0.2, -0.15) is 0 Å². The number of hydrogen-bond acceptors (Lipinski definition) is 2. The zero-order chi connectivity index (χ0) is 16.1. The first-order chi connectivity index (χ1) is 10.5. The average Bonchev–Trinajstić information content (AvgIpc) is 2.46. The van der Waals surface area contributed by atoms with Crippen molar-refractivity contribution in [2.45, 2.75) is 52.2 Å². The van der Waals surface area contributed by atoms with E-state index in [4.69, 9.17) is 4.74 Å². The smallest absolute Gasteiger partial charge is 0.279 e. The van der Waals surface area contributed by atoms with E-state index in [1.165, 1.54) is 10.5 Å². The van der Waals surface area contributed by atoms with Crippen LogP contribution in [0.25, 0.3) is 0 Å². The van der Waals surface area contributed by atoms with E-state index in [0.717, 1.165) is 25.2 Å². The highest BCUT2D eigenvalue weighted by molar-refractivity contribution is 5.91. The number of amides is 1. The van der Waals surface area contributed by atoms with Crippen LogP contribution in [-0.2, 0) is 9.53 Å². The second-order valence-electron chi connectivity index (χ2n) is 6.57. The standard InChI is InChI=1S/C18H28N2O2/c1-5-13(2)16-6-8-17(9-7-16)19-18(21)12-20-10-14(3)22-15(4)11-20/h6-9,13-15H,5,10-12H2,1-4H3,(H,19,21)/p+1/t13-,14+,15+/m0/s1. The Hall–Kier alpha value is -1.39. The molecule has 2 N–H and O–H groups in total. The van der Waals surface area contributed by atoms with E-state index < -0.39 is 0 Å². The summed E-state index contributed by atoms with van der Waals surface area (Å²) >= 11 is 0. The summed E-state index contributed by atoms with van der Waals surface area (Å²) < 4.78 is 5.71. The zero-order valence-electron chi connectivity index (χ0n) is 14.2. The number of carbonyl (C=O) groups is 1. The maximum absolute atomic E-state index is 12.2. The maximum Gasteiger partial charge on any atom is 0.279 e. The summed E-state index contributed by atoms with van der Waals surface area (Å²) in [6.45, 7) is 10.8. The normalized spacial score (nSPS) is 26.5. The van der Waals surface area contributed by atoms with Crippen molar-refractivity contribution in [3.63, 3.8) is 0 Å². The molecule has 122 valence electrons. The Labute approximate surface area is 133 Å². The van der Waals surface area contributed by atoms with Gasteiger partial charge < -0.3 is 15.0 Å². The molecule has 1 saturated heterocycles. The summed E-state index contributed by atoms with van der Waals surface area (Å²) in [7, 11) is 0. The Kier molecular flexibility index (Phi) is 5.98. The van der Waals surface area contributed by atoms with Crippen molar-refractivity contribution < 1.29 is 14.4 Å². The van der Waals surface area contributed by atoms with Gasteiger partial charge in [0.05, 0.1) is 0 Å². The van der Waals surface area contributed by atoms with Crippen molar-refractivity contribution in [3.8, 4) is 0 Å². The number of anilines is 1. The van der Waals surface area contributed by atoms with E-state index in [9.17, 15) is 4.79 Å². The first kappa shape index (κ1) is 17.0. The van der Waals surface area contributed by atoms with Crippen LogP contribution in [0.2, 0.25) is 0 Å². The molecule has 1 fully saturated rings. The number of morpholine rings is 1. The molecule has 1 amide bonds. The lowest BCUT2D eigenvalue weighted by Gasteiger charge is -2.31. The third-order valence-corrected chi connectivity index (χ3v) is 4.40. The van der Waals surface area contributed by atoms with Gasteiger partial charge in [-0.1, -0.05) is 26.0 Å². The van der Waals surface area contributed by atoms with Crippen LogP contribution in [-0.4, -0.2) is 37.7 Å². The van der Waals surface area contributed by atoms with Crippen LogP contribution in [0, 0.1) is 0 Å². The fourth-order valence-corrected chi connectivity index (χ4v) is 3.10. The van der Waals surface area contributed by atoms with Gasteiger partial charge in [0.2, 0.25) is 0 Å². The van der Waals surface area contributed by atoms with Gasteiger partial charge in [-0.25, -0.2) is 0 Å². The average molecular weight is 305 g/mol. The lowest BCUT2D eigenvalue weighted by Crippen LogP contribution is -3.16. The molecule has 0 bridgehead atoms. The molecule has 3 atom stereocenters. The maximum atomic E-state index is 12.2. The second-order valence-corrected chi connectivity index (χ2v) is 6.57. The molecule has 0 spiro atoms. The van der Waals surface area contributed by atoms with E-state index >= 15 is 0 Å². The van der Waals surface area contributed by atoms with Crippen molar-refractivity contribution in [1.82, 2.24) is 0 Å². The van der Waals surface area contributed by atoms with Gasteiger partial charge in [0.15, 0.2) is 6.54 Å².